The first-order valence-electron chi connectivity index (χ1n) is 27.2. The summed E-state index contributed by atoms with van der Waals surface area (Å²) in [6, 6.07) is 65.0. The molecule has 3 heterocycles. The van der Waals surface area contributed by atoms with Crippen LogP contribution in [0.5, 0.6) is 51.7 Å². The van der Waals surface area contributed by atoms with Crippen molar-refractivity contribution in [2.75, 3.05) is 0 Å². The van der Waals surface area contributed by atoms with Crippen molar-refractivity contribution in [3.8, 4) is 51.7 Å². The van der Waals surface area contributed by atoms with E-state index in [1.807, 2.05) is 182 Å². The van der Waals surface area contributed by atoms with Crippen LogP contribution in [0.2, 0.25) is 0 Å². The van der Waals surface area contributed by atoms with Crippen LogP contribution in [0.15, 0.2) is 218 Å². The molecular formula is C70H58O13. The number of hydrogen-bond acceptors (Lipinski definition) is 13. The number of fused-ring (bicyclic) bond motifs is 3. The van der Waals surface area contributed by atoms with Gasteiger partial charge < -0.3 is 47.7 Å². The molecule has 1 N–H and O–H groups in total. The van der Waals surface area contributed by atoms with Crippen molar-refractivity contribution in [3.05, 3.63) is 268 Å². The van der Waals surface area contributed by atoms with Gasteiger partial charge >= 0.3 is 23.3 Å². The lowest BCUT2D eigenvalue weighted by Gasteiger charge is -2.30. The van der Waals surface area contributed by atoms with Gasteiger partial charge in [-0.2, -0.15) is 0 Å². The highest BCUT2D eigenvalue weighted by Crippen LogP contribution is 2.57. The third-order valence-corrected chi connectivity index (χ3v) is 14.5. The van der Waals surface area contributed by atoms with E-state index >= 15 is 9.59 Å². The Hall–Kier alpha value is -10.0. The first-order valence-corrected chi connectivity index (χ1v) is 27.2. The molecule has 12 rings (SSSR count). The smallest absolute Gasteiger partial charge is 0.338 e. The van der Waals surface area contributed by atoms with Gasteiger partial charge in [-0.15, -0.1) is 0 Å². The molecule has 9 aromatic carbocycles. The number of ether oxygens (including phenoxy) is 9. The largest absolute Gasteiger partial charge is 0.504 e. The maximum absolute atomic E-state index is 15.6. The van der Waals surface area contributed by atoms with Crippen LogP contribution in [-0.4, -0.2) is 39.4 Å². The maximum atomic E-state index is 15.6. The van der Waals surface area contributed by atoms with Crippen molar-refractivity contribution in [2.45, 2.75) is 82.6 Å². The predicted molar refractivity (Wildman–Crippen MR) is 309 cm³/mol. The second-order valence-corrected chi connectivity index (χ2v) is 22.5. The van der Waals surface area contributed by atoms with Crippen molar-refractivity contribution in [3.63, 3.8) is 0 Å². The van der Waals surface area contributed by atoms with Gasteiger partial charge in [0.05, 0.1) is 5.56 Å². The molecule has 0 bridgehead atoms. The number of esters is 1. The Labute approximate surface area is 480 Å². The SMILES string of the molecule is CC(C)(C)OC(=O)c1cc(OC(C)(C)C(=O)c2cc(OC(C)(C)C(=O)c3cc(O)c4c(c3)OC(c3ccccc3)(c3ccccc3)O4)c3c(c2)OC(c2ccccc2)(c2ccccc2)O3)c2c(c1)OC(c1ccccc1)(c1ccccc1)O2. The molecule has 0 amide bonds. The molecule has 83 heavy (non-hydrogen) atoms. The molecule has 13 nitrogen and oxygen atoms in total. The molecule has 0 spiro atoms. The van der Waals surface area contributed by atoms with Crippen LogP contribution in [0.4, 0.5) is 0 Å². The second kappa shape index (κ2) is 20.2. The normalized spacial score (nSPS) is 15.0. The fraction of sp³-hybridized carbons (Fsp3) is 0.186. The number of benzene rings is 9. The van der Waals surface area contributed by atoms with E-state index in [1.165, 1.54) is 24.3 Å². The van der Waals surface area contributed by atoms with Gasteiger partial charge in [0.1, 0.15) is 5.60 Å². The number of carbonyl (C=O) groups is 3. The van der Waals surface area contributed by atoms with Crippen LogP contribution in [-0.2, 0) is 22.1 Å². The summed E-state index contributed by atoms with van der Waals surface area (Å²) in [4.78, 5) is 44.6. The van der Waals surface area contributed by atoms with Crippen molar-refractivity contribution < 1.29 is 62.1 Å². The van der Waals surface area contributed by atoms with Crippen LogP contribution in [0.1, 0.15) is 113 Å². The number of phenols is 1. The fourth-order valence-electron chi connectivity index (χ4n) is 10.6. The van der Waals surface area contributed by atoms with Gasteiger partial charge in [-0.3, -0.25) is 9.59 Å². The van der Waals surface area contributed by atoms with Crippen molar-refractivity contribution in [1.29, 1.82) is 0 Å². The van der Waals surface area contributed by atoms with Crippen LogP contribution in [0, 0.1) is 0 Å². The Bertz CT molecular complexity index is 3820. The molecule has 3 aliphatic heterocycles. The van der Waals surface area contributed by atoms with Gasteiger partial charge in [0.15, 0.2) is 45.7 Å². The number of Topliss-reactive ketones (excluding diaryl/α,β-unsaturated/α-hetero) is 2. The quantitative estimate of drug-likeness (QED) is 0.0765. The molecule has 3 aliphatic rings. The highest BCUT2D eigenvalue weighted by molar-refractivity contribution is 6.05. The van der Waals surface area contributed by atoms with Crippen LogP contribution >= 0.6 is 0 Å². The minimum atomic E-state index is -1.75. The zero-order valence-electron chi connectivity index (χ0n) is 46.6. The number of ketones is 2. The molecule has 0 saturated carbocycles. The minimum absolute atomic E-state index is 0.0170. The lowest BCUT2D eigenvalue weighted by atomic mass is 9.94. The number of phenolic OH excluding ortho intramolecular Hbond substituents is 1. The standard InChI is InChI=1S/C70H58O13/c1-65(2,3)83-64(74)46-42-56(61-58(43-46)79-70(82-61,51-34-22-12-23-35-51)52-36-24-13-25-37-52)76-67(6,7)63(73)45-40-55(60-57(41-45)78-69(81-60,49-30-18-10-19-31-49)50-32-20-11-21-33-50)75-66(4,5)62(72)44-38-53(71)59-54(39-44)77-68(80-59,47-26-14-8-15-27-47)48-28-16-9-17-29-48/h8-43,71H,1-7H3. The first kappa shape index (κ1) is 53.6. The Morgan fingerprint density at radius 3 is 0.964 bits per heavy atom. The second-order valence-electron chi connectivity index (χ2n) is 22.5. The Kier molecular flexibility index (Phi) is 13.1. The Morgan fingerprint density at radius 2 is 0.639 bits per heavy atom. The molecule has 0 aliphatic carbocycles. The molecule has 0 atom stereocenters. The zero-order valence-corrected chi connectivity index (χ0v) is 46.6. The van der Waals surface area contributed by atoms with E-state index in [0.717, 1.165) is 0 Å². The van der Waals surface area contributed by atoms with Gasteiger partial charge in [0.25, 0.3) is 0 Å². The van der Waals surface area contributed by atoms with E-state index < -0.39 is 51.7 Å². The first-order chi connectivity index (χ1) is 39.8. The molecule has 13 heteroatoms. The molecule has 0 aromatic heterocycles. The Balaban J connectivity index is 0.933. The summed E-state index contributed by atoms with van der Waals surface area (Å²) in [6.45, 7) is 11.6. The van der Waals surface area contributed by atoms with Crippen LogP contribution < -0.4 is 37.9 Å². The summed E-state index contributed by atoms with van der Waals surface area (Å²) in [5.41, 5.74) is -0.289. The van der Waals surface area contributed by atoms with E-state index in [4.69, 9.17) is 42.6 Å². The number of aromatic hydroxyl groups is 1. The van der Waals surface area contributed by atoms with Gasteiger partial charge in [0, 0.05) is 44.5 Å². The minimum Gasteiger partial charge on any atom is -0.504 e. The van der Waals surface area contributed by atoms with Gasteiger partial charge in [-0.05, 0) is 84.9 Å². The molecule has 416 valence electrons. The fourth-order valence-corrected chi connectivity index (χ4v) is 10.6. The lowest BCUT2D eigenvalue weighted by molar-refractivity contribution is -0.0479. The molecule has 9 aromatic rings. The number of rotatable bonds is 15. The number of carbonyl (C=O) groups excluding carboxylic acids is 3. The predicted octanol–water partition coefficient (Wildman–Crippen LogP) is 14.4. The van der Waals surface area contributed by atoms with Crippen molar-refractivity contribution in [1.82, 2.24) is 0 Å². The summed E-state index contributed by atoms with van der Waals surface area (Å²) in [6.07, 6.45) is 0. The van der Waals surface area contributed by atoms with Crippen LogP contribution in [0.25, 0.3) is 0 Å². The number of hydrogen-bond donors (Lipinski definition) is 1. The van der Waals surface area contributed by atoms with E-state index in [2.05, 4.69) is 0 Å². The third-order valence-electron chi connectivity index (χ3n) is 14.5. The lowest BCUT2D eigenvalue weighted by Crippen LogP contribution is -2.39. The summed E-state index contributed by atoms with van der Waals surface area (Å²) < 4.78 is 60.4. The van der Waals surface area contributed by atoms with Crippen molar-refractivity contribution >= 4 is 17.5 Å². The van der Waals surface area contributed by atoms with Gasteiger partial charge in [0.2, 0.25) is 28.8 Å². The highest BCUT2D eigenvalue weighted by Gasteiger charge is 2.52. The summed E-state index contributed by atoms with van der Waals surface area (Å²) in [7, 11) is 0. The van der Waals surface area contributed by atoms with E-state index in [-0.39, 0.29) is 68.4 Å². The topological polar surface area (TPSA) is 155 Å². The van der Waals surface area contributed by atoms with Gasteiger partial charge in [-0.25, -0.2) is 4.79 Å². The maximum Gasteiger partial charge on any atom is 0.338 e. The summed E-state index contributed by atoms with van der Waals surface area (Å²) in [5, 5.41) is 11.7. The Morgan fingerprint density at radius 1 is 0.361 bits per heavy atom. The van der Waals surface area contributed by atoms with Crippen LogP contribution in [0.3, 0.4) is 0 Å². The monoisotopic (exact) mass is 1110 g/mol. The van der Waals surface area contributed by atoms with Gasteiger partial charge in [-0.1, -0.05) is 182 Å². The molecule has 0 saturated heterocycles. The van der Waals surface area contributed by atoms with Crippen molar-refractivity contribution in [2.24, 2.45) is 0 Å². The molecule has 0 unspecified atom stereocenters. The zero-order chi connectivity index (χ0) is 57.9. The molecule has 0 radical (unpaired) electrons. The van der Waals surface area contributed by atoms with E-state index in [0.29, 0.717) is 33.4 Å². The average molecular weight is 1110 g/mol. The highest BCUT2D eigenvalue weighted by atomic mass is 16.8. The average Bonchev–Trinajstić information content (AvgIpc) is 4.05. The molecular weight excluding hydrogens is 1050 g/mol. The molecule has 0 fully saturated rings. The van der Waals surface area contributed by atoms with E-state index in [9.17, 15) is 9.90 Å². The third kappa shape index (κ3) is 9.67. The summed E-state index contributed by atoms with van der Waals surface area (Å²) in [5.74, 6) is -6.03. The summed E-state index contributed by atoms with van der Waals surface area (Å²) >= 11 is 0. The van der Waals surface area contributed by atoms with E-state index in [1.54, 1.807) is 60.6 Å².